The summed E-state index contributed by atoms with van der Waals surface area (Å²) in [6.07, 6.45) is 3.53. The Morgan fingerprint density at radius 1 is 1.12 bits per heavy atom. The fourth-order valence-corrected chi connectivity index (χ4v) is 3.58. The number of rotatable bonds is 4. The second-order valence-corrected chi connectivity index (χ2v) is 7.96. The maximum Gasteiger partial charge on any atom is 0.168 e. The number of allylic oxidation sites excluding steroid dienone is 2. The summed E-state index contributed by atoms with van der Waals surface area (Å²) < 4.78 is 0. The first kappa shape index (κ1) is 18.4. The number of carbonyl (C=O) groups excluding carboxylic acids is 1. The molecule has 0 unspecified atom stereocenters. The minimum Gasteiger partial charge on any atom is -0.511 e. The summed E-state index contributed by atoms with van der Waals surface area (Å²) in [5, 5.41) is 12.8. The van der Waals surface area contributed by atoms with Gasteiger partial charge in [0.25, 0.3) is 0 Å². The standard InChI is InChI=1S/C23H27NO2/c1-4-5-10-20(25)22-19(14-23(2,3)15-21(22)26)24-18-12-11-16-8-6-7-9-17(16)13-18/h6-9,11-13,25H,4-5,10,14-15H2,1-3H3/b22-20+,24-19?. The van der Waals surface area contributed by atoms with Gasteiger partial charge >= 0.3 is 0 Å². The summed E-state index contributed by atoms with van der Waals surface area (Å²) in [6, 6.07) is 14.2. The first-order chi connectivity index (χ1) is 12.4. The number of Topliss-reactive ketones (excluding diaryl/α,β-unsaturated/α-hetero) is 1. The highest BCUT2D eigenvalue weighted by molar-refractivity contribution is 6.25. The fraction of sp³-hybridized carbons (Fsp3) is 0.391. The van der Waals surface area contributed by atoms with E-state index in [4.69, 9.17) is 4.99 Å². The van der Waals surface area contributed by atoms with Crippen LogP contribution in [0.25, 0.3) is 10.8 Å². The predicted octanol–water partition coefficient (Wildman–Crippen LogP) is 6.30. The van der Waals surface area contributed by atoms with Crippen LogP contribution < -0.4 is 0 Å². The summed E-state index contributed by atoms with van der Waals surface area (Å²) in [5.41, 5.74) is 1.85. The van der Waals surface area contributed by atoms with Gasteiger partial charge in [0.05, 0.1) is 17.0 Å². The topological polar surface area (TPSA) is 49.7 Å². The predicted molar refractivity (Wildman–Crippen MR) is 108 cm³/mol. The second-order valence-electron chi connectivity index (χ2n) is 7.96. The normalized spacial score (nSPS) is 20.6. The third-order valence-corrected chi connectivity index (χ3v) is 4.91. The van der Waals surface area contributed by atoms with Gasteiger partial charge in [-0.3, -0.25) is 9.79 Å². The van der Waals surface area contributed by atoms with Crippen LogP contribution in [0.5, 0.6) is 0 Å². The number of unbranched alkanes of at least 4 members (excludes halogenated alkanes) is 1. The van der Waals surface area contributed by atoms with Gasteiger partial charge in [-0.1, -0.05) is 57.5 Å². The zero-order valence-electron chi connectivity index (χ0n) is 15.9. The van der Waals surface area contributed by atoms with Crippen LogP contribution in [0.2, 0.25) is 0 Å². The van der Waals surface area contributed by atoms with Gasteiger partial charge in [0.15, 0.2) is 5.78 Å². The Labute approximate surface area is 155 Å². The number of aliphatic hydroxyl groups excluding tert-OH is 1. The molecule has 3 rings (SSSR count). The van der Waals surface area contributed by atoms with Gasteiger partial charge < -0.3 is 5.11 Å². The maximum absolute atomic E-state index is 12.7. The molecule has 136 valence electrons. The number of carbonyl (C=O) groups is 1. The minimum atomic E-state index is -0.138. The molecular weight excluding hydrogens is 322 g/mol. The van der Waals surface area contributed by atoms with Gasteiger partial charge in [0, 0.05) is 12.8 Å². The van der Waals surface area contributed by atoms with Crippen LogP contribution in [0.4, 0.5) is 5.69 Å². The van der Waals surface area contributed by atoms with Crippen LogP contribution in [0, 0.1) is 5.41 Å². The molecule has 0 bridgehead atoms. The van der Waals surface area contributed by atoms with Crippen molar-refractivity contribution in [3.8, 4) is 0 Å². The Balaban J connectivity index is 2.05. The van der Waals surface area contributed by atoms with E-state index < -0.39 is 0 Å². The molecule has 1 N–H and O–H groups in total. The SMILES string of the molecule is CCCC/C(O)=C1\C(=O)CC(C)(C)CC1=Nc1ccc2ccccc2c1. The van der Waals surface area contributed by atoms with E-state index in [1.54, 1.807) is 0 Å². The number of benzene rings is 2. The molecule has 3 heteroatoms. The van der Waals surface area contributed by atoms with E-state index in [1.165, 1.54) is 0 Å². The van der Waals surface area contributed by atoms with Crippen molar-refractivity contribution in [1.82, 2.24) is 0 Å². The van der Waals surface area contributed by atoms with E-state index in [2.05, 4.69) is 32.9 Å². The van der Waals surface area contributed by atoms with E-state index in [0.717, 1.165) is 35.0 Å². The summed E-state index contributed by atoms with van der Waals surface area (Å²) >= 11 is 0. The third-order valence-electron chi connectivity index (χ3n) is 4.91. The van der Waals surface area contributed by atoms with Crippen molar-refractivity contribution in [1.29, 1.82) is 0 Å². The van der Waals surface area contributed by atoms with Gasteiger partial charge in [0.1, 0.15) is 5.76 Å². The Bertz CT molecular complexity index is 890. The molecule has 0 spiro atoms. The van der Waals surface area contributed by atoms with E-state index in [9.17, 15) is 9.90 Å². The molecular formula is C23H27NO2. The van der Waals surface area contributed by atoms with E-state index >= 15 is 0 Å². The quantitative estimate of drug-likeness (QED) is 0.520. The monoisotopic (exact) mass is 349 g/mol. The molecule has 2 aromatic carbocycles. The highest BCUT2D eigenvalue weighted by Crippen LogP contribution is 2.37. The molecule has 0 atom stereocenters. The summed E-state index contributed by atoms with van der Waals surface area (Å²) in [7, 11) is 0. The largest absolute Gasteiger partial charge is 0.511 e. The molecule has 0 heterocycles. The van der Waals surface area contributed by atoms with Gasteiger partial charge in [0.2, 0.25) is 0 Å². The van der Waals surface area contributed by atoms with Gasteiger partial charge in [-0.15, -0.1) is 0 Å². The van der Waals surface area contributed by atoms with Gasteiger partial charge in [-0.2, -0.15) is 0 Å². The summed E-state index contributed by atoms with van der Waals surface area (Å²) in [5.74, 6) is 0.210. The van der Waals surface area contributed by atoms with Gasteiger partial charge in [-0.05, 0) is 41.2 Å². The lowest BCUT2D eigenvalue weighted by Gasteiger charge is -2.31. The maximum atomic E-state index is 12.7. The zero-order valence-corrected chi connectivity index (χ0v) is 15.9. The Kier molecular flexibility index (Phi) is 5.26. The van der Waals surface area contributed by atoms with Crippen molar-refractivity contribution in [2.45, 2.75) is 52.9 Å². The summed E-state index contributed by atoms with van der Waals surface area (Å²) in [6.45, 7) is 6.25. The van der Waals surface area contributed by atoms with Crippen LogP contribution in [-0.4, -0.2) is 16.6 Å². The molecule has 0 saturated heterocycles. The summed E-state index contributed by atoms with van der Waals surface area (Å²) in [4.78, 5) is 17.5. The van der Waals surface area contributed by atoms with Crippen LogP contribution in [0.3, 0.4) is 0 Å². The minimum absolute atomic E-state index is 0.00870. The number of fused-ring (bicyclic) bond motifs is 1. The highest BCUT2D eigenvalue weighted by Gasteiger charge is 2.36. The van der Waals surface area contributed by atoms with Crippen molar-refractivity contribution in [2.75, 3.05) is 0 Å². The van der Waals surface area contributed by atoms with E-state index in [1.807, 2.05) is 30.3 Å². The van der Waals surface area contributed by atoms with Crippen LogP contribution in [0.1, 0.15) is 52.9 Å². The molecule has 1 saturated carbocycles. The number of ketones is 1. The van der Waals surface area contributed by atoms with Crippen molar-refractivity contribution in [3.63, 3.8) is 0 Å². The van der Waals surface area contributed by atoms with Crippen LogP contribution in [0.15, 0.2) is 58.8 Å². The number of nitrogens with zero attached hydrogens (tertiary/aromatic N) is 1. The highest BCUT2D eigenvalue weighted by atomic mass is 16.3. The number of aliphatic imine (C=N–C) groups is 1. The molecule has 1 aliphatic rings. The zero-order chi connectivity index (χ0) is 18.7. The average molecular weight is 349 g/mol. The molecule has 1 aliphatic carbocycles. The van der Waals surface area contributed by atoms with Crippen molar-refractivity contribution in [3.05, 3.63) is 53.8 Å². The van der Waals surface area contributed by atoms with Gasteiger partial charge in [-0.25, -0.2) is 0 Å². The number of hydrogen-bond acceptors (Lipinski definition) is 3. The van der Waals surface area contributed by atoms with Crippen molar-refractivity contribution in [2.24, 2.45) is 10.4 Å². The lowest BCUT2D eigenvalue weighted by molar-refractivity contribution is -0.117. The third kappa shape index (κ3) is 4.04. The number of aliphatic hydroxyl groups is 1. The molecule has 0 aliphatic heterocycles. The molecule has 26 heavy (non-hydrogen) atoms. The molecule has 0 radical (unpaired) electrons. The molecule has 1 fully saturated rings. The molecule has 0 amide bonds. The Morgan fingerprint density at radius 2 is 1.85 bits per heavy atom. The average Bonchev–Trinajstić information content (AvgIpc) is 2.58. The van der Waals surface area contributed by atoms with Crippen LogP contribution >= 0.6 is 0 Å². The number of hydrogen-bond donors (Lipinski definition) is 1. The lowest BCUT2D eigenvalue weighted by Crippen LogP contribution is -2.32. The fourth-order valence-electron chi connectivity index (χ4n) is 3.58. The molecule has 3 nitrogen and oxygen atoms in total. The molecule has 0 aromatic heterocycles. The van der Waals surface area contributed by atoms with E-state index in [0.29, 0.717) is 24.8 Å². The first-order valence-electron chi connectivity index (χ1n) is 9.42. The van der Waals surface area contributed by atoms with Crippen LogP contribution in [-0.2, 0) is 4.79 Å². The Morgan fingerprint density at radius 3 is 2.58 bits per heavy atom. The van der Waals surface area contributed by atoms with Crippen molar-refractivity contribution >= 4 is 28.0 Å². The molecule has 2 aromatic rings. The van der Waals surface area contributed by atoms with Crippen molar-refractivity contribution < 1.29 is 9.90 Å². The lowest BCUT2D eigenvalue weighted by atomic mass is 9.73. The van der Waals surface area contributed by atoms with E-state index in [-0.39, 0.29) is 17.0 Å². The second kappa shape index (κ2) is 7.45. The first-order valence-corrected chi connectivity index (χ1v) is 9.42. The Hall–Kier alpha value is -2.42. The smallest absolute Gasteiger partial charge is 0.168 e.